The molecule has 1 heterocycles. The van der Waals surface area contributed by atoms with Gasteiger partial charge in [0.1, 0.15) is 5.82 Å². The molecule has 1 rings (SSSR count). The molecule has 0 unspecified atom stereocenters. The fourth-order valence-corrected chi connectivity index (χ4v) is 1.19. The van der Waals surface area contributed by atoms with Crippen molar-refractivity contribution in [1.82, 2.24) is 9.97 Å². The molecule has 1 aromatic heterocycles. The van der Waals surface area contributed by atoms with Crippen LogP contribution in [0.1, 0.15) is 11.5 Å². The molecule has 0 radical (unpaired) electrons. The molecule has 3 heteroatoms. The van der Waals surface area contributed by atoms with Gasteiger partial charge < -0.3 is 0 Å². The molecule has 0 aliphatic heterocycles. The summed E-state index contributed by atoms with van der Waals surface area (Å²) in [6, 6.07) is 1.95. The topological polar surface area (TPSA) is 25.8 Å². The van der Waals surface area contributed by atoms with Crippen molar-refractivity contribution in [2.45, 2.75) is 12.7 Å². The summed E-state index contributed by atoms with van der Waals surface area (Å²) in [5, 5.41) is 0. The van der Waals surface area contributed by atoms with Crippen molar-refractivity contribution >= 4 is 11.8 Å². The van der Waals surface area contributed by atoms with Crippen LogP contribution >= 0.6 is 11.8 Å². The Morgan fingerprint density at radius 3 is 3.00 bits per heavy atom. The lowest BCUT2D eigenvalue weighted by Crippen LogP contribution is -1.91. The van der Waals surface area contributed by atoms with E-state index in [0.717, 1.165) is 17.3 Å². The summed E-state index contributed by atoms with van der Waals surface area (Å²) in [6.07, 6.45) is 3.87. The standard InChI is InChI=1S/C7H10N2S/c1-6-8-4-3-7(9-6)5-10-2/h3-4H,5H2,1-2H3. The normalized spacial score (nSPS) is 9.80. The van der Waals surface area contributed by atoms with Crippen LogP contribution in [0.5, 0.6) is 0 Å². The second kappa shape index (κ2) is 3.56. The summed E-state index contributed by atoms with van der Waals surface area (Å²) < 4.78 is 0. The van der Waals surface area contributed by atoms with E-state index in [-0.39, 0.29) is 0 Å². The van der Waals surface area contributed by atoms with E-state index in [1.54, 1.807) is 18.0 Å². The average Bonchev–Trinajstić information content (AvgIpc) is 1.88. The molecule has 0 aromatic carbocycles. The Kier molecular flexibility index (Phi) is 2.68. The Bertz CT molecular complexity index is 213. The van der Waals surface area contributed by atoms with E-state index in [1.807, 2.05) is 13.0 Å². The maximum atomic E-state index is 4.23. The van der Waals surface area contributed by atoms with E-state index in [0.29, 0.717) is 0 Å². The molecule has 0 spiro atoms. The van der Waals surface area contributed by atoms with E-state index in [4.69, 9.17) is 0 Å². The minimum Gasteiger partial charge on any atom is -0.242 e. The first-order valence-corrected chi connectivity index (χ1v) is 4.50. The quantitative estimate of drug-likeness (QED) is 0.647. The van der Waals surface area contributed by atoms with E-state index in [9.17, 15) is 0 Å². The Balaban J connectivity index is 2.75. The minimum atomic E-state index is 0.853. The van der Waals surface area contributed by atoms with Crippen LogP contribution in [-0.4, -0.2) is 16.2 Å². The number of thioether (sulfide) groups is 1. The summed E-state index contributed by atoms with van der Waals surface area (Å²) in [5.74, 6) is 1.83. The Morgan fingerprint density at radius 1 is 1.60 bits per heavy atom. The van der Waals surface area contributed by atoms with E-state index >= 15 is 0 Å². The van der Waals surface area contributed by atoms with Gasteiger partial charge in [-0.25, -0.2) is 9.97 Å². The number of nitrogens with zero attached hydrogens (tertiary/aromatic N) is 2. The Morgan fingerprint density at radius 2 is 2.40 bits per heavy atom. The van der Waals surface area contributed by atoms with Gasteiger partial charge in [0.25, 0.3) is 0 Å². The van der Waals surface area contributed by atoms with E-state index in [1.165, 1.54) is 0 Å². The van der Waals surface area contributed by atoms with Gasteiger partial charge in [-0.2, -0.15) is 11.8 Å². The van der Waals surface area contributed by atoms with Crippen molar-refractivity contribution in [1.29, 1.82) is 0 Å². The van der Waals surface area contributed by atoms with Crippen LogP contribution in [0.15, 0.2) is 12.3 Å². The van der Waals surface area contributed by atoms with E-state index < -0.39 is 0 Å². The number of aryl methyl sites for hydroxylation is 1. The van der Waals surface area contributed by atoms with Gasteiger partial charge in [0.2, 0.25) is 0 Å². The van der Waals surface area contributed by atoms with Crippen molar-refractivity contribution in [3.05, 3.63) is 23.8 Å². The molecule has 0 bridgehead atoms. The minimum absolute atomic E-state index is 0.853. The zero-order chi connectivity index (χ0) is 7.40. The third-order valence-corrected chi connectivity index (χ3v) is 1.71. The van der Waals surface area contributed by atoms with Crippen molar-refractivity contribution in [2.24, 2.45) is 0 Å². The highest BCUT2D eigenvalue weighted by molar-refractivity contribution is 7.97. The zero-order valence-electron chi connectivity index (χ0n) is 6.16. The second-order valence-corrected chi connectivity index (χ2v) is 2.89. The van der Waals surface area contributed by atoms with E-state index in [2.05, 4.69) is 16.2 Å². The Hall–Kier alpha value is -0.570. The molecule has 0 aliphatic rings. The predicted molar refractivity (Wildman–Crippen MR) is 44.0 cm³/mol. The van der Waals surface area contributed by atoms with Crippen LogP contribution in [0.4, 0.5) is 0 Å². The molecule has 1 aromatic rings. The van der Waals surface area contributed by atoms with Gasteiger partial charge in [0, 0.05) is 11.9 Å². The van der Waals surface area contributed by atoms with Crippen LogP contribution in [0.2, 0.25) is 0 Å². The van der Waals surface area contributed by atoms with Gasteiger partial charge in [-0.3, -0.25) is 0 Å². The lowest BCUT2D eigenvalue weighted by atomic mass is 10.4. The molecular formula is C7H10N2S. The van der Waals surface area contributed by atoms with Gasteiger partial charge >= 0.3 is 0 Å². The van der Waals surface area contributed by atoms with Crippen LogP contribution in [0.3, 0.4) is 0 Å². The molecule has 0 fully saturated rings. The molecule has 54 valence electrons. The maximum Gasteiger partial charge on any atom is 0.125 e. The highest BCUT2D eigenvalue weighted by Crippen LogP contribution is 2.04. The number of hydrogen-bond donors (Lipinski definition) is 0. The SMILES string of the molecule is CSCc1ccnc(C)n1. The maximum absolute atomic E-state index is 4.23. The fraction of sp³-hybridized carbons (Fsp3) is 0.429. The first kappa shape index (κ1) is 7.54. The molecule has 0 amide bonds. The third-order valence-electron chi connectivity index (χ3n) is 1.13. The smallest absolute Gasteiger partial charge is 0.125 e. The van der Waals surface area contributed by atoms with Crippen molar-refractivity contribution in [2.75, 3.05) is 6.26 Å². The lowest BCUT2D eigenvalue weighted by molar-refractivity contribution is 1.00. The first-order valence-electron chi connectivity index (χ1n) is 3.10. The van der Waals surface area contributed by atoms with Crippen molar-refractivity contribution in [3.63, 3.8) is 0 Å². The zero-order valence-corrected chi connectivity index (χ0v) is 6.98. The molecular weight excluding hydrogens is 144 g/mol. The largest absolute Gasteiger partial charge is 0.242 e. The highest BCUT2D eigenvalue weighted by atomic mass is 32.2. The second-order valence-electron chi connectivity index (χ2n) is 2.03. The molecule has 0 N–H and O–H groups in total. The molecule has 0 atom stereocenters. The summed E-state index contributed by atoms with van der Waals surface area (Å²) in [7, 11) is 0. The number of rotatable bonds is 2. The summed E-state index contributed by atoms with van der Waals surface area (Å²) in [6.45, 7) is 1.91. The monoisotopic (exact) mass is 154 g/mol. The number of aromatic nitrogens is 2. The van der Waals surface area contributed by atoms with Gasteiger partial charge in [-0.05, 0) is 19.2 Å². The van der Waals surface area contributed by atoms with Crippen LogP contribution < -0.4 is 0 Å². The Labute approximate surface area is 65.1 Å². The number of hydrogen-bond acceptors (Lipinski definition) is 3. The predicted octanol–water partition coefficient (Wildman–Crippen LogP) is 1.65. The third kappa shape index (κ3) is 1.99. The summed E-state index contributed by atoms with van der Waals surface area (Å²) in [5.41, 5.74) is 1.11. The average molecular weight is 154 g/mol. The van der Waals surface area contributed by atoms with Crippen LogP contribution in [-0.2, 0) is 5.75 Å². The summed E-state index contributed by atoms with van der Waals surface area (Å²) in [4.78, 5) is 8.23. The molecule has 10 heavy (non-hydrogen) atoms. The molecule has 0 saturated heterocycles. The molecule has 0 aliphatic carbocycles. The highest BCUT2D eigenvalue weighted by Gasteiger charge is 1.91. The summed E-state index contributed by atoms with van der Waals surface area (Å²) >= 11 is 1.77. The first-order chi connectivity index (χ1) is 4.83. The van der Waals surface area contributed by atoms with Crippen LogP contribution in [0, 0.1) is 6.92 Å². The lowest BCUT2D eigenvalue weighted by Gasteiger charge is -1.96. The fourth-order valence-electron chi connectivity index (χ4n) is 0.733. The van der Waals surface area contributed by atoms with Crippen molar-refractivity contribution < 1.29 is 0 Å². The van der Waals surface area contributed by atoms with Gasteiger partial charge in [-0.1, -0.05) is 0 Å². The van der Waals surface area contributed by atoms with Crippen LogP contribution in [0.25, 0.3) is 0 Å². The van der Waals surface area contributed by atoms with Gasteiger partial charge in [0.15, 0.2) is 0 Å². The molecule has 2 nitrogen and oxygen atoms in total. The molecule has 0 saturated carbocycles. The van der Waals surface area contributed by atoms with Gasteiger partial charge in [-0.15, -0.1) is 0 Å². The van der Waals surface area contributed by atoms with Gasteiger partial charge in [0.05, 0.1) is 5.69 Å². The van der Waals surface area contributed by atoms with Crippen molar-refractivity contribution in [3.8, 4) is 0 Å².